The molecule has 0 saturated heterocycles. The molecule has 3 nitrogen and oxygen atoms in total. The Balaban J connectivity index is 2.35. The van der Waals surface area contributed by atoms with E-state index in [2.05, 4.69) is 9.97 Å². The van der Waals surface area contributed by atoms with Gasteiger partial charge < -0.3 is 9.97 Å². The second-order valence-electron chi connectivity index (χ2n) is 3.25. The molecule has 1 aromatic carbocycles. The van der Waals surface area contributed by atoms with Crippen LogP contribution in [0.2, 0.25) is 0 Å². The molecular weight excluding hydrogens is 200 g/mol. The largest absolute Gasteiger partial charge is 0.323 e. The number of imidazole rings is 1. The molecule has 2 aromatic rings. The van der Waals surface area contributed by atoms with Crippen molar-refractivity contribution in [1.29, 1.82) is 0 Å². The molecule has 74 valence electrons. The van der Waals surface area contributed by atoms with Crippen molar-refractivity contribution >= 4 is 22.6 Å². The van der Waals surface area contributed by atoms with Gasteiger partial charge >= 0.3 is 5.69 Å². The first-order chi connectivity index (χ1) is 6.79. The molecule has 0 aliphatic rings. The molecule has 0 bridgehead atoms. The number of benzene rings is 1. The summed E-state index contributed by atoms with van der Waals surface area (Å²) in [5, 5.41) is 0. The number of halogens is 1. The van der Waals surface area contributed by atoms with Crippen LogP contribution in [-0.2, 0) is 6.42 Å². The molecule has 14 heavy (non-hydrogen) atoms. The van der Waals surface area contributed by atoms with Gasteiger partial charge in [0.15, 0.2) is 0 Å². The quantitative estimate of drug-likeness (QED) is 0.749. The fourth-order valence-corrected chi connectivity index (χ4v) is 1.64. The van der Waals surface area contributed by atoms with E-state index in [4.69, 9.17) is 11.6 Å². The first-order valence-electron chi connectivity index (χ1n) is 4.56. The highest BCUT2D eigenvalue weighted by molar-refractivity contribution is 6.17. The standard InChI is InChI=1S/C10H11ClN2O/c11-5-1-2-7-3-4-8-9(6-7)13-10(14)12-8/h3-4,6H,1-2,5H2,(H2,12,13,14). The van der Waals surface area contributed by atoms with Gasteiger partial charge in [0.2, 0.25) is 0 Å². The van der Waals surface area contributed by atoms with Gasteiger partial charge in [0.25, 0.3) is 0 Å². The Labute approximate surface area is 86.1 Å². The lowest BCUT2D eigenvalue weighted by molar-refractivity contribution is 0.930. The molecule has 2 N–H and O–H groups in total. The third-order valence-corrected chi connectivity index (χ3v) is 2.45. The zero-order valence-electron chi connectivity index (χ0n) is 7.64. The van der Waals surface area contributed by atoms with Gasteiger partial charge in [0, 0.05) is 5.88 Å². The Morgan fingerprint density at radius 3 is 2.79 bits per heavy atom. The number of H-pyrrole nitrogens is 2. The predicted molar refractivity (Wildman–Crippen MR) is 58.0 cm³/mol. The van der Waals surface area contributed by atoms with Gasteiger partial charge in [-0.05, 0) is 30.5 Å². The van der Waals surface area contributed by atoms with Gasteiger partial charge in [0.1, 0.15) is 0 Å². The summed E-state index contributed by atoms with van der Waals surface area (Å²) in [4.78, 5) is 16.4. The maximum Gasteiger partial charge on any atom is 0.323 e. The molecule has 0 aliphatic carbocycles. The highest BCUT2D eigenvalue weighted by atomic mass is 35.5. The van der Waals surface area contributed by atoms with Crippen LogP contribution in [0.15, 0.2) is 23.0 Å². The average Bonchev–Trinajstić information content (AvgIpc) is 2.54. The molecule has 2 rings (SSSR count). The molecule has 0 amide bonds. The van der Waals surface area contributed by atoms with E-state index in [1.807, 2.05) is 18.2 Å². The summed E-state index contributed by atoms with van der Waals surface area (Å²) in [7, 11) is 0. The van der Waals surface area contributed by atoms with Crippen molar-refractivity contribution in [2.24, 2.45) is 0 Å². The third kappa shape index (κ3) is 1.82. The summed E-state index contributed by atoms with van der Waals surface area (Å²) in [5.74, 6) is 0.668. The van der Waals surface area contributed by atoms with Crippen molar-refractivity contribution < 1.29 is 0 Å². The van der Waals surface area contributed by atoms with Crippen LogP contribution < -0.4 is 5.69 Å². The molecule has 0 fully saturated rings. The summed E-state index contributed by atoms with van der Waals surface area (Å²) >= 11 is 5.61. The summed E-state index contributed by atoms with van der Waals surface area (Å²) in [6.45, 7) is 0. The normalized spacial score (nSPS) is 10.9. The van der Waals surface area contributed by atoms with Crippen LogP contribution in [0.1, 0.15) is 12.0 Å². The number of rotatable bonds is 3. The van der Waals surface area contributed by atoms with Crippen molar-refractivity contribution in [3.05, 3.63) is 34.2 Å². The van der Waals surface area contributed by atoms with Crippen LogP contribution >= 0.6 is 11.6 Å². The SMILES string of the molecule is O=c1[nH]c2ccc(CCCCl)cc2[nH]1. The lowest BCUT2D eigenvalue weighted by atomic mass is 10.1. The molecule has 1 aromatic heterocycles. The Hall–Kier alpha value is -1.22. The number of hydrogen-bond acceptors (Lipinski definition) is 1. The summed E-state index contributed by atoms with van der Waals surface area (Å²) in [5.41, 5.74) is 2.76. The molecule has 1 heterocycles. The summed E-state index contributed by atoms with van der Waals surface area (Å²) in [6, 6.07) is 5.91. The molecule has 0 atom stereocenters. The van der Waals surface area contributed by atoms with E-state index in [1.165, 1.54) is 5.56 Å². The predicted octanol–water partition coefficient (Wildman–Crippen LogP) is 2.03. The topological polar surface area (TPSA) is 48.6 Å². The van der Waals surface area contributed by atoms with Gasteiger partial charge in [0.05, 0.1) is 11.0 Å². The minimum Gasteiger partial charge on any atom is -0.306 e. The number of fused-ring (bicyclic) bond motifs is 1. The Bertz CT molecular complexity index is 486. The Kier molecular flexibility index (Phi) is 2.59. The number of aryl methyl sites for hydroxylation is 1. The minimum atomic E-state index is -0.158. The van der Waals surface area contributed by atoms with E-state index >= 15 is 0 Å². The maximum atomic E-state index is 11.0. The number of aromatic nitrogens is 2. The molecular formula is C10H11ClN2O. The van der Waals surface area contributed by atoms with Crippen LogP contribution in [0.25, 0.3) is 11.0 Å². The van der Waals surface area contributed by atoms with E-state index in [9.17, 15) is 4.79 Å². The molecule has 0 unspecified atom stereocenters. The fraction of sp³-hybridized carbons (Fsp3) is 0.300. The van der Waals surface area contributed by atoms with Gasteiger partial charge in [-0.15, -0.1) is 11.6 Å². The van der Waals surface area contributed by atoms with Gasteiger partial charge in [-0.3, -0.25) is 0 Å². The maximum absolute atomic E-state index is 11.0. The number of aromatic amines is 2. The van der Waals surface area contributed by atoms with Crippen molar-refractivity contribution in [2.45, 2.75) is 12.8 Å². The van der Waals surface area contributed by atoms with Crippen molar-refractivity contribution in [1.82, 2.24) is 9.97 Å². The van der Waals surface area contributed by atoms with E-state index < -0.39 is 0 Å². The summed E-state index contributed by atoms with van der Waals surface area (Å²) in [6.07, 6.45) is 1.91. The Morgan fingerprint density at radius 1 is 1.21 bits per heavy atom. The highest BCUT2D eigenvalue weighted by Crippen LogP contribution is 2.11. The zero-order chi connectivity index (χ0) is 9.97. The van der Waals surface area contributed by atoms with Crippen molar-refractivity contribution in [3.8, 4) is 0 Å². The second kappa shape index (κ2) is 3.88. The van der Waals surface area contributed by atoms with E-state index in [1.54, 1.807) is 0 Å². The molecule has 0 aliphatic heterocycles. The zero-order valence-corrected chi connectivity index (χ0v) is 8.40. The first-order valence-corrected chi connectivity index (χ1v) is 5.10. The van der Waals surface area contributed by atoms with E-state index in [-0.39, 0.29) is 5.69 Å². The van der Waals surface area contributed by atoms with Crippen molar-refractivity contribution in [2.75, 3.05) is 5.88 Å². The van der Waals surface area contributed by atoms with Crippen LogP contribution in [0.3, 0.4) is 0 Å². The summed E-state index contributed by atoms with van der Waals surface area (Å²) < 4.78 is 0. The van der Waals surface area contributed by atoms with Gasteiger partial charge in [-0.25, -0.2) is 4.79 Å². The fourth-order valence-electron chi connectivity index (χ4n) is 1.51. The number of alkyl halides is 1. The molecule has 0 spiro atoms. The van der Waals surface area contributed by atoms with Crippen LogP contribution in [0.5, 0.6) is 0 Å². The monoisotopic (exact) mass is 210 g/mol. The smallest absolute Gasteiger partial charge is 0.306 e. The molecule has 4 heteroatoms. The lowest BCUT2D eigenvalue weighted by Crippen LogP contribution is -1.99. The van der Waals surface area contributed by atoms with Crippen LogP contribution in [0, 0.1) is 0 Å². The van der Waals surface area contributed by atoms with Gasteiger partial charge in [-0.2, -0.15) is 0 Å². The number of nitrogens with one attached hydrogen (secondary N) is 2. The van der Waals surface area contributed by atoms with Crippen LogP contribution in [0.4, 0.5) is 0 Å². The minimum absolute atomic E-state index is 0.158. The van der Waals surface area contributed by atoms with E-state index in [0.717, 1.165) is 23.9 Å². The number of hydrogen-bond donors (Lipinski definition) is 2. The third-order valence-electron chi connectivity index (χ3n) is 2.18. The van der Waals surface area contributed by atoms with Gasteiger partial charge in [-0.1, -0.05) is 6.07 Å². The van der Waals surface area contributed by atoms with E-state index in [0.29, 0.717) is 5.88 Å². The molecule has 0 saturated carbocycles. The molecule has 0 radical (unpaired) electrons. The Morgan fingerprint density at radius 2 is 2.00 bits per heavy atom. The lowest BCUT2D eigenvalue weighted by Gasteiger charge is -1.98. The highest BCUT2D eigenvalue weighted by Gasteiger charge is 1.99. The average molecular weight is 211 g/mol. The first kappa shape index (κ1) is 9.34. The second-order valence-corrected chi connectivity index (χ2v) is 3.63. The van der Waals surface area contributed by atoms with Crippen molar-refractivity contribution in [3.63, 3.8) is 0 Å². The van der Waals surface area contributed by atoms with Crippen LogP contribution in [-0.4, -0.2) is 15.8 Å².